The number of hydrogen-bond donors (Lipinski definition) is 2. The van der Waals surface area contributed by atoms with Crippen LogP contribution in [-0.4, -0.2) is 192 Å². The van der Waals surface area contributed by atoms with Crippen LogP contribution < -0.4 is 20.4 Å². The van der Waals surface area contributed by atoms with Gasteiger partial charge in [0.05, 0.1) is 65.9 Å². The highest BCUT2D eigenvalue weighted by molar-refractivity contribution is 6.01. The normalized spacial score (nSPS) is 15.2. The molecule has 0 radical (unpaired) electrons. The second kappa shape index (κ2) is 28.7. The van der Waals surface area contributed by atoms with Crippen molar-refractivity contribution >= 4 is 46.9 Å². The number of ketones is 1. The SMILES string of the molecule is Cc1ccc(Cc2c(C(=O)COCCOCCOCCOCCC(=O)N3CCN(c4nc(-c5ccc(NC(=O)Nc6ccc(C(=O)N7CCC(N(C)C)CC7)cc6)cc5)nc(N5CCOCC5)n4)CC3)ccc(F)c2F)c(F)c1. The van der Waals surface area contributed by atoms with E-state index in [2.05, 4.69) is 39.4 Å². The molecule has 0 atom stereocenters. The first-order chi connectivity index (χ1) is 38.3. The lowest BCUT2D eigenvalue weighted by molar-refractivity contribution is -0.132. The first-order valence-electron chi connectivity index (χ1n) is 26.7. The number of Topliss-reactive ketones (excluding diaryl/α,β-unsaturated/α-hetero) is 1. The third kappa shape index (κ3) is 16.5. The van der Waals surface area contributed by atoms with Crippen LogP contribution in [0.25, 0.3) is 11.4 Å². The van der Waals surface area contributed by atoms with Crippen molar-refractivity contribution in [3.63, 3.8) is 0 Å². The second-order valence-electron chi connectivity index (χ2n) is 19.7. The molecular formula is C57H69F3N10O9. The molecule has 19 nitrogen and oxygen atoms in total. The number of ether oxygens (including phenoxy) is 5. The molecule has 0 unspecified atom stereocenters. The molecule has 79 heavy (non-hydrogen) atoms. The summed E-state index contributed by atoms with van der Waals surface area (Å²) in [5.74, 6) is -2.00. The van der Waals surface area contributed by atoms with Gasteiger partial charge in [0.2, 0.25) is 17.8 Å². The number of piperidine rings is 1. The van der Waals surface area contributed by atoms with E-state index in [9.17, 15) is 32.3 Å². The van der Waals surface area contributed by atoms with E-state index in [-0.39, 0.29) is 81.0 Å². The van der Waals surface area contributed by atoms with E-state index in [0.717, 1.165) is 24.5 Å². The molecule has 422 valence electrons. The summed E-state index contributed by atoms with van der Waals surface area (Å²) in [5, 5.41) is 5.71. The number of hydrogen-bond acceptors (Lipinski definition) is 15. The first-order valence-corrected chi connectivity index (χ1v) is 26.7. The van der Waals surface area contributed by atoms with Crippen molar-refractivity contribution in [1.82, 2.24) is 29.7 Å². The lowest BCUT2D eigenvalue weighted by Gasteiger charge is -2.35. The Morgan fingerprint density at radius 3 is 1.84 bits per heavy atom. The Kier molecular flexibility index (Phi) is 21.1. The van der Waals surface area contributed by atoms with Gasteiger partial charge in [0.25, 0.3) is 5.91 Å². The van der Waals surface area contributed by atoms with Crippen molar-refractivity contribution in [3.05, 3.63) is 124 Å². The van der Waals surface area contributed by atoms with E-state index in [1.165, 1.54) is 18.2 Å². The number of piperazine rings is 1. The van der Waals surface area contributed by atoms with Crippen molar-refractivity contribution in [1.29, 1.82) is 0 Å². The summed E-state index contributed by atoms with van der Waals surface area (Å²) in [6, 6.07) is 20.7. The van der Waals surface area contributed by atoms with Crippen LogP contribution in [0, 0.1) is 24.4 Å². The van der Waals surface area contributed by atoms with E-state index in [4.69, 9.17) is 38.6 Å². The number of morpholine rings is 1. The molecular weight excluding hydrogens is 1030 g/mol. The monoisotopic (exact) mass is 1090 g/mol. The fourth-order valence-corrected chi connectivity index (χ4v) is 9.38. The minimum absolute atomic E-state index is 0.0102. The van der Waals surface area contributed by atoms with Gasteiger partial charge in [-0.2, -0.15) is 15.0 Å². The van der Waals surface area contributed by atoms with E-state index in [1.807, 2.05) is 21.9 Å². The van der Waals surface area contributed by atoms with Crippen LogP contribution in [0.1, 0.15) is 56.7 Å². The minimum Gasteiger partial charge on any atom is -0.379 e. The Bertz CT molecular complexity index is 2850. The molecule has 0 bridgehead atoms. The van der Waals surface area contributed by atoms with Crippen LogP contribution in [0.3, 0.4) is 0 Å². The number of carbonyl (C=O) groups is 4. The molecule has 3 aliphatic heterocycles. The molecule has 5 aromatic rings. The number of halogens is 3. The van der Waals surface area contributed by atoms with Crippen molar-refractivity contribution in [2.45, 2.75) is 38.6 Å². The van der Waals surface area contributed by atoms with Gasteiger partial charge in [-0.05, 0) is 112 Å². The van der Waals surface area contributed by atoms with Crippen molar-refractivity contribution in [2.24, 2.45) is 0 Å². The number of carbonyl (C=O) groups excluding carboxylic acids is 4. The highest BCUT2D eigenvalue weighted by Crippen LogP contribution is 2.27. The number of amides is 4. The topological polar surface area (TPSA) is 193 Å². The predicted molar refractivity (Wildman–Crippen MR) is 291 cm³/mol. The summed E-state index contributed by atoms with van der Waals surface area (Å²) in [7, 11) is 4.14. The quantitative estimate of drug-likeness (QED) is 0.0503. The van der Waals surface area contributed by atoms with Crippen LogP contribution in [0.4, 0.5) is 41.2 Å². The van der Waals surface area contributed by atoms with Gasteiger partial charge >= 0.3 is 6.03 Å². The molecule has 8 rings (SSSR count). The van der Waals surface area contributed by atoms with E-state index < -0.39 is 35.9 Å². The average Bonchev–Trinajstić information content (AvgIpc) is 3.49. The van der Waals surface area contributed by atoms with Gasteiger partial charge in [-0.1, -0.05) is 12.1 Å². The molecule has 4 heterocycles. The molecule has 0 aliphatic carbocycles. The number of aromatic nitrogens is 3. The highest BCUT2D eigenvalue weighted by Gasteiger charge is 2.27. The molecule has 0 saturated carbocycles. The Hall–Kier alpha value is -7.08. The van der Waals surface area contributed by atoms with Gasteiger partial charge in [-0.3, -0.25) is 14.4 Å². The van der Waals surface area contributed by atoms with Crippen LogP contribution in [0.5, 0.6) is 0 Å². The Morgan fingerprint density at radius 1 is 0.646 bits per heavy atom. The van der Waals surface area contributed by atoms with Crippen LogP contribution in [-0.2, 0) is 34.9 Å². The van der Waals surface area contributed by atoms with E-state index in [1.54, 1.807) is 49.4 Å². The van der Waals surface area contributed by atoms with Gasteiger partial charge in [-0.25, -0.2) is 18.0 Å². The predicted octanol–water partition coefficient (Wildman–Crippen LogP) is 6.49. The number of anilines is 4. The smallest absolute Gasteiger partial charge is 0.323 e. The zero-order valence-electron chi connectivity index (χ0n) is 45.0. The van der Waals surface area contributed by atoms with Crippen molar-refractivity contribution in [2.75, 3.05) is 153 Å². The van der Waals surface area contributed by atoms with Crippen molar-refractivity contribution < 1.29 is 56.0 Å². The molecule has 0 spiro atoms. The highest BCUT2D eigenvalue weighted by atomic mass is 19.2. The number of nitrogens with zero attached hydrogens (tertiary/aromatic N) is 8. The first kappa shape index (κ1) is 58.1. The summed E-state index contributed by atoms with van der Waals surface area (Å²) in [5.41, 5.74) is 2.94. The van der Waals surface area contributed by atoms with Crippen LogP contribution in [0.2, 0.25) is 0 Å². The standard InChI is InChI=1S/C57H69F3N10O9/c1-39-4-5-42(49(59)36-39)37-47-46(14-15-48(58)52(47)60)50(71)38-79-35-34-78-33-32-77-31-30-75-27-18-51(72)67-21-23-69(24-22-67)55-63-53(64-56(65-55)70-25-28-76-29-26-70)40-6-10-43(11-7-40)61-57(74)62-44-12-8-41(9-13-44)54(73)68-19-16-45(17-20-68)66(2)3/h4-15,36,45H,16-35,37-38H2,1-3H3,(H2,61,62,74). The second-order valence-corrected chi connectivity index (χ2v) is 19.7. The Morgan fingerprint density at radius 2 is 1.23 bits per heavy atom. The number of urea groups is 1. The average molecular weight is 1100 g/mol. The summed E-state index contributed by atoms with van der Waals surface area (Å²) >= 11 is 0. The van der Waals surface area contributed by atoms with Gasteiger partial charge in [0.1, 0.15) is 12.4 Å². The zero-order chi connectivity index (χ0) is 55.7. The van der Waals surface area contributed by atoms with E-state index >= 15 is 0 Å². The molecule has 3 saturated heterocycles. The maximum absolute atomic E-state index is 14.8. The van der Waals surface area contributed by atoms with Gasteiger partial charge < -0.3 is 58.8 Å². The Balaban J connectivity index is 0.711. The number of benzene rings is 4. The van der Waals surface area contributed by atoms with Crippen LogP contribution >= 0.6 is 0 Å². The lowest BCUT2D eigenvalue weighted by atomic mass is 9.95. The third-order valence-electron chi connectivity index (χ3n) is 14.0. The summed E-state index contributed by atoms with van der Waals surface area (Å²) in [6.45, 7) is 8.66. The molecule has 4 amide bonds. The van der Waals surface area contributed by atoms with Gasteiger partial charge in [-0.15, -0.1) is 0 Å². The maximum Gasteiger partial charge on any atom is 0.323 e. The fourth-order valence-electron chi connectivity index (χ4n) is 9.38. The molecule has 4 aromatic carbocycles. The molecule has 1 aromatic heterocycles. The fraction of sp³-hybridized carbons (Fsp3) is 0.456. The lowest BCUT2D eigenvalue weighted by Crippen LogP contribution is -2.49. The number of nitrogens with one attached hydrogen (secondary N) is 2. The van der Waals surface area contributed by atoms with Crippen molar-refractivity contribution in [3.8, 4) is 11.4 Å². The molecule has 3 fully saturated rings. The number of aryl methyl sites for hydroxylation is 1. The van der Waals surface area contributed by atoms with Crippen LogP contribution in [0.15, 0.2) is 78.9 Å². The number of rotatable bonds is 24. The molecule has 22 heteroatoms. The summed E-state index contributed by atoms with van der Waals surface area (Å²) < 4.78 is 71.1. The maximum atomic E-state index is 14.8. The van der Waals surface area contributed by atoms with Gasteiger partial charge in [0, 0.05) is 98.4 Å². The molecule has 2 N–H and O–H groups in total. The van der Waals surface area contributed by atoms with E-state index in [0.29, 0.717) is 118 Å². The van der Waals surface area contributed by atoms with Gasteiger partial charge in [0.15, 0.2) is 23.2 Å². The molecule has 3 aliphatic rings. The largest absolute Gasteiger partial charge is 0.379 e. The summed E-state index contributed by atoms with van der Waals surface area (Å²) in [6.07, 6.45) is 1.80. The minimum atomic E-state index is -1.20. The third-order valence-corrected chi connectivity index (χ3v) is 14.0. The Labute approximate surface area is 458 Å². The number of likely N-dealkylation sites (tertiary alicyclic amines) is 1. The summed E-state index contributed by atoms with van der Waals surface area (Å²) in [4.78, 5) is 76.8. The zero-order valence-corrected chi connectivity index (χ0v) is 45.0.